The highest BCUT2D eigenvalue weighted by Gasteiger charge is 2.02. The molecule has 0 bridgehead atoms. The molecule has 0 amide bonds. The molecule has 0 aromatic carbocycles. The predicted octanol–water partition coefficient (Wildman–Crippen LogP) is 2.63. The summed E-state index contributed by atoms with van der Waals surface area (Å²) in [6.45, 7) is 10.6. The number of guanidine groups is 1. The SMILES string of the molecule is CCc1nncn1CCNC(=NCCCCCCC(C)C)NCCOC. The van der Waals surface area contributed by atoms with E-state index in [-0.39, 0.29) is 0 Å². The van der Waals surface area contributed by atoms with E-state index >= 15 is 0 Å². The van der Waals surface area contributed by atoms with Gasteiger partial charge >= 0.3 is 0 Å². The number of rotatable bonds is 14. The molecule has 0 spiro atoms. The Morgan fingerprint density at radius 3 is 2.69 bits per heavy atom. The van der Waals surface area contributed by atoms with Crippen LogP contribution in [0.15, 0.2) is 11.3 Å². The first-order valence-electron chi connectivity index (χ1n) is 10.0. The van der Waals surface area contributed by atoms with E-state index in [2.05, 4.69) is 51.2 Å². The van der Waals surface area contributed by atoms with Crippen molar-refractivity contribution in [3.05, 3.63) is 12.2 Å². The predicted molar refractivity (Wildman–Crippen MR) is 108 cm³/mol. The van der Waals surface area contributed by atoms with E-state index in [9.17, 15) is 0 Å². The van der Waals surface area contributed by atoms with Crippen LogP contribution in [-0.4, -0.2) is 54.1 Å². The zero-order valence-corrected chi connectivity index (χ0v) is 17.1. The minimum atomic E-state index is 0.668. The number of ether oxygens (including phenoxy) is 1. The highest BCUT2D eigenvalue weighted by Crippen LogP contribution is 2.09. The number of hydrogen-bond donors (Lipinski definition) is 2. The maximum atomic E-state index is 5.11. The second-order valence-corrected chi connectivity index (χ2v) is 6.97. The first-order valence-corrected chi connectivity index (χ1v) is 10.0. The summed E-state index contributed by atoms with van der Waals surface area (Å²) in [6.07, 6.45) is 9.04. The molecule has 1 aromatic rings. The molecule has 0 aliphatic heterocycles. The molecule has 0 saturated heterocycles. The third-order valence-corrected chi connectivity index (χ3v) is 4.22. The Labute approximate surface area is 159 Å². The third-order valence-electron chi connectivity index (χ3n) is 4.22. The minimum absolute atomic E-state index is 0.668. The van der Waals surface area contributed by atoms with E-state index in [1.54, 1.807) is 13.4 Å². The maximum absolute atomic E-state index is 5.11. The Bertz CT molecular complexity index is 486. The summed E-state index contributed by atoms with van der Waals surface area (Å²) in [5.41, 5.74) is 0. The number of aliphatic imine (C=N–C) groups is 1. The van der Waals surface area contributed by atoms with Crippen LogP contribution >= 0.6 is 0 Å². The lowest BCUT2D eigenvalue weighted by Gasteiger charge is -2.13. The van der Waals surface area contributed by atoms with Crippen LogP contribution in [0.2, 0.25) is 0 Å². The Hall–Kier alpha value is -1.63. The Kier molecular flexibility index (Phi) is 12.5. The molecule has 0 unspecified atom stereocenters. The molecular formula is C19H38N6O. The number of unbranched alkanes of at least 4 members (excludes halogenated alkanes) is 3. The summed E-state index contributed by atoms with van der Waals surface area (Å²) >= 11 is 0. The summed E-state index contributed by atoms with van der Waals surface area (Å²) in [7, 11) is 1.71. The fraction of sp³-hybridized carbons (Fsp3) is 0.842. The Morgan fingerprint density at radius 1 is 1.19 bits per heavy atom. The van der Waals surface area contributed by atoms with E-state index in [4.69, 9.17) is 4.74 Å². The van der Waals surface area contributed by atoms with Gasteiger partial charge in [0.2, 0.25) is 0 Å². The second kappa shape index (κ2) is 14.5. The van der Waals surface area contributed by atoms with Crippen molar-refractivity contribution in [3.63, 3.8) is 0 Å². The summed E-state index contributed by atoms with van der Waals surface area (Å²) in [5, 5.41) is 14.8. The summed E-state index contributed by atoms with van der Waals surface area (Å²) in [5.74, 6) is 2.68. The smallest absolute Gasteiger partial charge is 0.191 e. The fourth-order valence-corrected chi connectivity index (χ4v) is 2.69. The van der Waals surface area contributed by atoms with E-state index < -0.39 is 0 Å². The van der Waals surface area contributed by atoms with Crippen molar-refractivity contribution in [3.8, 4) is 0 Å². The first-order chi connectivity index (χ1) is 12.7. The fourth-order valence-electron chi connectivity index (χ4n) is 2.69. The van der Waals surface area contributed by atoms with Gasteiger partial charge < -0.3 is 19.9 Å². The molecule has 0 aliphatic rings. The van der Waals surface area contributed by atoms with E-state index in [1.807, 2.05) is 0 Å². The molecule has 0 fully saturated rings. The highest BCUT2D eigenvalue weighted by atomic mass is 16.5. The number of hydrogen-bond acceptors (Lipinski definition) is 4. The molecule has 1 heterocycles. The van der Waals surface area contributed by atoms with Crippen molar-refractivity contribution in [1.29, 1.82) is 0 Å². The number of methoxy groups -OCH3 is 1. The molecular weight excluding hydrogens is 328 g/mol. The molecule has 7 nitrogen and oxygen atoms in total. The van der Waals surface area contributed by atoms with Gasteiger partial charge in [0, 0.05) is 39.7 Å². The summed E-state index contributed by atoms with van der Waals surface area (Å²) < 4.78 is 7.19. The molecule has 0 radical (unpaired) electrons. The van der Waals surface area contributed by atoms with Crippen LogP contribution in [0, 0.1) is 5.92 Å². The first kappa shape index (κ1) is 22.4. The lowest BCUT2D eigenvalue weighted by atomic mass is 10.0. The van der Waals surface area contributed by atoms with Crippen molar-refractivity contribution >= 4 is 5.96 Å². The number of nitrogens with zero attached hydrogens (tertiary/aromatic N) is 4. The number of aromatic nitrogens is 3. The van der Waals surface area contributed by atoms with Crippen LogP contribution in [0.25, 0.3) is 0 Å². The lowest BCUT2D eigenvalue weighted by molar-refractivity contribution is 0.203. The molecule has 1 rings (SSSR count). The number of aryl methyl sites for hydroxylation is 1. The van der Waals surface area contributed by atoms with Crippen LogP contribution in [0.3, 0.4) is 0 Å². The van der Waals surface area contributed by atoms with E-state index in [0.29, 0.717) is 6.61 Å². The van der Waals surface area contributed by atoms with E-state index in [0.717, 1.165) is 56.7 Å². The van der Waals surface area contributed by atoms with Crippen molar-refractivity contribution in [2.45, 2.75) is 65.8 Å². The van der Waals surface area contributed by atoms with Gasteiger partial charge in [-0.1, -0.05) is 46.5 Å². The van der Waals surface area contributed by atoms with Crippen LogP contribution in [-0.2, 0) is 17.7 Å². The minimum Gasteiger partial charge on any atom is -0.383 e. The average Bonchev–Trinajstić information content (AvgIpc) is 3.07. The van der Waals surface area contributed by atoms with Crippen LogP contribution < -0.4 is 10.6 Å². The van der Waals surface area contributed by atoms with Crippen molar-refractivity contribution < 1.29 is 4.74 Å². The van der Waals surface area contributed by atoms with Crippen LogP contribution in [0.5, 0.6) is 0 Å². The zero-order chi connectivity index (χ0) is 19.0. The van der Waals surface area contributed by atoms with Crippen LogP contribution in [0.1, 0.15) is 58.7 Å². The Morgan fingerprint density at radius 2 is 1.96 bits per heavy atom. The van der Waals surface area contributed by atoms with E-state index in [1.165, 1.54) is 25.7 Å². The molecule has 1 aromatic heterocycles. The molecule has 150 valence electrons. The van der Waals surface area contributed by atoms with Gasteiger partial charge in [-0.25, -0.2) is 0 Å². The second-order valence-electron chi connectivity index (χ2n) is 6.97. The number of nitrogens with one attached hydrogen (secondary N) is 2. The van der Waals surface area contributed by atoms with Gasteiger partial charge in [-0.3, -0.25) is 4.99 Å². The monoisotopic (exact) mass is 366 g/mol. The molecule has 7 heteroatoms. The summed E-state index contributed by atoms with van der Waals surface area (Å²) in [4.78, 5) is 4.69. The largest absolute Gasteiger partial charge is 0.383 e. The molecule has 2 N–H and O–H groups in total. The third kappa shape index (κ3) is 10.4. The summed E-state index contributed by atoms with van der Waals surface area (Å²) in [6, 6.07) is 0. The van der Waals surface area contributed by atoms with Gasteiger partial charge in [0.25, 0.3) is 0 Å². The lowest BCUT2D eigenvalue weighted by Crippen LogP contribution is -2.40. The van der Waals surface area contributed by atoms with Gasteiger partial charge in [-0.2, -0.15) is 0 Å². The zero-order valence-electron chi connectivity index (χ0n) is 17.1. The van der Waals surface area contributed by atoms with Gasteiger partial charge in [0.1, 0.15) is 12.2 Å². The molecule has 0 atom stereocenters. The topological polar surface area (TPSA) is 76.4 Å². The molecule has 0 saturated carbocycles. The quantitative estimate of drug-likeness (QED) is 0.301. The van der Waals surface area contributed by atoms with Gasteiger partial charge in [-0.05, 0) is 12.3 Å². The standard InChI is InChI=1S/C19H38N6O/c1-5-18-24-23-16-25(18)14-12-21-19(22-13-15-26-4)20-11-9-7-6-8-10-17(2)3/h16-17H,5-15H2,1-4H3,(H2,20,21,22). The van der Waals surface area contributed by atoms with Gasteiger partial charge in [0.15, 0.2) is 5.96 Å². The molecule has 26 heavy (non-hydrogen) atoms. The van der Waals surface area contributed by atoms with Crippen LogP contribution in [0.4, 0.5) is 0 Å². The highest BCUT2D eigenvalue weighted by molar-refractivity contribution is 5.79. The van der Waals surface area contributed by atoms with Gasteiger partial charge in [0.05, 0.1) is 6.61 Å². The normalized spacial score (nSPS) is 12.0. The van der Waals surface area contributed by atoms with Gasteiger partial charge in [-0.15, -0.1) is 10.2 Å². The van der Waals surface area contributed by atoms with Crippen molar-refractivity contribution in [2.24, 2.45) is 10.9 Å². The van der Waals surface area contributed by atoms with Crippen molar-refractivity contribution in [1.82, 2.24) is 25.4 Å². The average molecular weight is 367 g/mol. The molecule has 0 aliphatic carbocycles. The van der Waals surface area contributed by atoms with Crippen molar-refractivity contribution in [2.75, 3.05) is 33.4 Å². The maximum Gasteiger partial charge on any atom is 0.191 e. The Balaban J connectivity index is 2.30.